The molecular formula is C14H16BrNS. The molecule has 0 N–H and O–H groups in total. The van der Waals surface area contributed by atoms with E-state index in [0.29, 0.717) is 5.92 Å². The number of benzene rings is 1. The van der Waals surface area contributed by atoms with Gasteiger partial charge in [-0.1, -0.05) is 54.0 Å². The monoisotopic (exact) mass is 309 g/mol. The van der Waals surface area contributed by atoms with Crippen molar-refractivity contribution in [3.63, 3.8) is 0 Å². The van der Waals surface area contributed by atoms with Crippen LogP contribution < -0.4 is 0 Å². The summed E-state index contributed by atoms with van der Waals surface area (Å²) < 4.78 is 0. The standard InChI is InChI=1S/C14H16BrNS/c1-10(2)11-3-5-12(6-4-11)14-16-13(7-8-15)9-17-14/h3-6,9-10H,7-8H2,1-2H3. The van der Waals surface area contributed by atoms with E-state index in [9.17, 15) is 0 Å². The van der Waals surface area contributed by atoms with E-state index in [2.05, 4.69) is 64.4 Å². The maximum Gasteiger partial charge on any atom is 0.123 e. The van der Waals surface area contributed by atoms with Crippen LogP contribution in [0, 0.1) is 0 Å². The van der Waals surface area contributed by atoms with E-state index in [1.165, 1.54) is 16.8 Å². The number of alkyl halides is 1. The number of halogens is 1. The van der Waals surface area contributed by atoms with Crippen LogP contribution in [-0.4, -0.2) is 10.3 Å². The average Bonchev–Trinajstić information content (AvgIpc) is 2.78. The minimum atomic E-state index is 0.587. The van der Waals surface area contributed by atoms with Crippen molar-refractivity contribution in [2.45, 2.75) is 26.2 Å². The summed E-state index contributed by atoms with van der Waals surface area (Å²) in [7, 11) is 0. The van der Waals surface area contributed by atoms with Crippen LogP contribution in [0.5, 0.6) is 0 Å². The van der Waals surface area contributed by atoms with Gasteiger partial charge in [-0.15, -0.1) is 11.3 Å². The molecule has 1 heterocycles. The topological polar surface area (TPSA) is 12.9 Å². The zero-order chi connectivity index (χ0) is 12.3. The fourth-order valence-corrected chi connectivity index (χ4v) is 2.93. The third-order valence-electron chi connectivity index (χ3n) is 2.73. The van der Waals surface area contributed by atoms with Gasteiger partial charge in [0, 0.05) is 22.7 Å². The molecule has 17 heavy (non-hydrogen) atoms. The summed E-state index contributed by atoms with van der Waals surface area (Å²) in [6, 6.07) is 8.75. The highest BCUT2D eigenvalue weighted by Crippen LogP contribution is 2.25. The van der Waals surface area contributed by atoms with Gasteiger partial charge in [0.15, 0.2) is 0 Å². The van der Waals surface area contributed by atoms with Crippen molar-refractivity contribution in [1.29, 1.82) is 0 Å². The molecule has 0 unspecified atom stereocenters. The van der Waals surface area contributed by atoms with Crippen molar-refractivity contribution in [3.8, 4) is 10.6 Å². The van der Waals surface area contributed by atoms with Crippen LogP contribution in [0.25, 0.3) is 10.6 Å². The first-order chi connectivity index (χ1) is 8.20. The highest BCUT2D eigenvalue weighted by Gasteiger charge is 2.05. The van der Waals surface area contributed by atoms with Crippen LogP contribution in [-0.2, 0) is 6.42 Å². The summed E-state index contributed by atoms with van der Waals surface area (Å²) in [5.74, 6) is 0.587. The van der Waals surface area contributed by atoms with Crippen molar-refractivity contribution < 1.29 is 0 Å². The number of hydrogen-bond acceptors (Lipinski definition) is 2. The Hall–Kier alpha value is -0.670. The maximum atomic E-state index is 4.63. The van der Waals surface area contributed by atoms with Gasteiger partial charge in [0.1, 0.15) is 5.01 Å². The Morgan fingerprint density at radius 3 is 2.53 bits per heavy atom. The van der Waals surface area contributed by atoms with Crippen molar-refractivity contribution in [3.05, 3.63) is 40.9 Å². The number of thiazole rings is 1. The first kappa shape index (κ1) is 12.8. The van der Waals surface area contributed by atoms with Gasteiger partial charge in [-0.3, -0.25) is 0 Å². The fourth-order valence-electron chi connectivity index (χ4n) is 1.66. The molecule has 0 bridgehead atoms. The largest absolute Gasteiger partial charge is 0.241 e. The minimum absolute atomic E-state index is 0.587. The fraction of sp³-hybridized carbons (Fsp3) is 0.357. The predicted molar refractivity (Wildman–Crippen MR) is 79.1 cm³/mol. The Labute approximate surface area is 115 Å². The quantitative estimate of drug-likeness (QED) is 0.734. The SMILES string of the molecule is CC(C)c1ccc(-c2nc(CCBr)cs2)cc1. The van der Waals surface area contributed by atoms with E-state index >= 15 is 0 Å². The van der Waals surface area contributed by atoms with Crippen LogP contribution in [0.4, 0.5) is 0 Å². The van der Waals surface area contributed by atoms with Crippen LogP contribution in [0.3, 0.4) is 0 Å². The molecule has 0 saturated carbocycles. The molecule has 2 aromatic rings. The summed E-state index contributed by atoms with van der Waals surface area (Å²) in [5, 5.41) is 4.24. The lowest BCUT2D eigenvalue weighted by atomic mass is 10.0. The summed E-state index contributed by atoms with van der Waals surface area (Å²) in [5.41, 5.74) is 3.78. The lowest BCUT2D eigenvalue weighted by Gasteiger charge is -2.05. The Morgan fingerprint density at radius 2 is 1.94 bits per heavy atom. The average molecular weight is 310 g/mol. The summed E-state index contributed by atoms with van der Waals surface area (Å²) in [6.07, 6.45) is 1.00. The van der Waals surface area contributed by atoms with E-state index in [1.807, 2.05) is 0 Å². The van der Waals surface area contributed by atoms with E-state index in [1.54, 1.807) is 11.3 Å². The number of rotatable bonds is 4. The molecule has 0 aliphatic carbocycles. The maximum absolute atomic E-state index is 4.63. The summed E-state index contributed by atoms with van der Waals surface area (Å²) >= 11 is 5.17. The zero-order valence-electron chi connectivity index (χ0n) is 10.1. The molecule has 0 radical (unpaired) electrons. The van der Waals surface area contributed by atoms with E-state index in [4.69, 9.17) is 0 Å². The zero-order valence-corrected chi connectivity index (χ0v) is 12.5. The highest BCUT2D eigenvalue weighted by molar-refractivity contribution is 9.09. The highest BCUT2D eigenvalue weighted by atomic mass is 79.9. The lowest BCUT2D eigenvalue weighted by molar-refractivity contribution is 0.867. The van der Waals surface area contributed by atoms with Crippen LogP contribution in [0.2, 0.25) is 0 Å². The second-order valence-electron chi connectivity index (χ2n) is 4.36. The minimum Gasteiger partial charge on any atom is -0.241 e. The molecule has 3 heteroatoms. The molecule has 90 valence electrons. The molecule has 0 fully saturated rings. The van der Waals surface area contributed by atoms with Crippen LogP contribution in [0.15, 0.2) is 29.6 Å². The smallest absolute Gasteiger partial charge is 0.123 e. The van der Waals surface area contributed by atoms with Crippen molar-refractivity contribution in [2.75, 3.05) is 5.33 Å². The summed E-state index contributed by atoms with van der Waals surface area (Å²) in [6.45, 7) is 4.43. The lowest BCUT2D eigenvalue weighted by Crippen LogP contribution is -1.88. The molecule has 0 amide bonds. The van der Waals surface area contributed by atoms with Crippen LogP contribution >= 0.6 is 27.3 Å². The van der Waals surface area contributed by atoms with Crippen LogP contribution in [0.1, 0.15) is 31.0 Å². The van der Waals surface area contributed by atoms with Gasteiger partial charge >= 0.3 is 0 Å². The van der Waals surface area contributed by atoms with Gasteiger partial charge in [0.2, 0.25) is 0 Å². The van der Waals surface area contributed by atoms with Gasteiger partial charge in [0.05, 0.1) is 5.69 Å². The molecule has 0 aliphatic heterocycles. The van der Waals surface area contributed by atoms with Gasteiger partial charge in [0.25, 0.3) is 0 Å². The molecular weight excluding hydrogens is 294 g/mol. The number of hydrogen-bond donors (Lipinski definition) is 0. The Morgan fingerprint density at radius 1 is 1.24 bits per heavy atom. The molecule has 1 aromatic heterocycles. The van der Waals surface area contributed by atoms with Gasteiger partial charge in [-0.05, 0) is 11.5 Å². The van der Waals surface area contributed by atoms with Crippen molar-refractivity contribution in [2.24, 2.45) is 0 Å². The van der Waals surface area contributed by atoms with E-state index in [-0.39, 0.29) is 0 Å². The van der Waals surface area contributed by atoms with E-state index in [0.717, 1.165) is 16.8 Å². The van der Waals surface area contributed by atoms with Gasteiger partial charge < -0.3 is 0 Å². The Balaban J connectivity index is 2.21. The molecule has 1 aromatic carbocycles. The van der Waals surface area contributed by atoms with E-state index < -0.39 is 0 Å². The Bertz CT molecular complexity index is 473. The molecule has 1 nitrogen and oxygen atoms in total. The Kier molecular flexibility index (Phi) is 4.35. The first-order valence-electron chi connectivity index (χ1n) is 5.81. The van der Waals surface area contributed by atoms with Gasteiger partial charge in [-0.2, -0.15) is 0 Å². The third kappa shape index (κ3) is 3.17. The number of aryl methyl sites for hydroxylation is 1. The molecule has 0 spiro atoms. The molecule has 0 aliphatic rings. The molecule has 2 rings (SSSR count). The number of aromatic nitrogens is 1. The normalized spacial score (nSPS) is 11.1. The van der Waals surface area contributed by atoms with Gasteiger partial charge in [-0.25, -0.2) is 4.98 Å². The predicted octanol–water partition coefficient (Wildman–Crippen LogP) is 4.87. The third-order valence-corrected chi connectivity index (χ3v) is 4.06. The second kappa shape index (κ2) is 5.78. The molecule has 0 atom stereocenters. The first-order valence-corrected chi connectivity index (χ1v) is 7.81. The second-order valence-corrected chi connectivity index (χ2v) is 6.01. The molecule has 0 saturated heterocycles. The van der Waals surface area contributed by atoms with Crippen molar-refractivity contribution >= 4 is 27.3 Å². The van der Waals surface area contributed by atoms with Crippen molar-refractivity contribution in [1.82, 2.24) is 4.98 Å². The summed E-state index contributed by atoms with van der Waals surface area (Å²) in [4.78, 5) is 4.63. The number of nitrogens with zero attached hydrogens (tertiary/aromatic N) is 1.